The Morgan fingerprint density at radius 2 is 1.86 bits per heavy atom. The van der Waals surface area contributed by atoms with E-state index in [0.29, 0.717) is 0 Å². The average molecular weight is 370 g/mol. The number of hydrogen-bond donors (Lipinski definition) is 2. The molecule has 22 heavy (non-hydrogen) atoms. The number of anilines is 2. The standard InChI is InChI=1S/C9H17N4O6P3/c1-15-18-20-22(14,21-19-16-2)5-3-4-17-8-6-7(10)12-9(11)13-8/h3,5-6,20-21H,4H2,1-2H3,(H4,10,11,12,13)/b5-3+. The monoisotopic (exact) mass is 370 g/mol. The van der Waals surface area contributed by atoms with Gasteiger partial charge in [0.05, 0.1) is 14.2 Å². The number of aromatic nitrogens is 2. The van der Waals surface area contributed by atoms with E-state index >= 15 is 0 Å². The lowest BCUT2D eigenvalue weighted by atomic mass is 10.5. The summed E-state index contributed by atoms with van der Waals surface area (Å²) in [5.41, 5.74) is 10.9. The van der Waals surface area contributed by atoms with Crippen molar-refractivity contribution in [3.8, 4) is 5.88 Å². The summed E-state index contributed by atoms with van der Waals surface area (Å²) in [5, 5.41) is 0. The molecule has 0 aliphatic heterocycles. The molecule has 1 rings (SSSR count). The minimum absolute atomic E-state index is 0.00889. The first-order chi connectivity index (χ1) is 10.5. The molecular weight excluding hydrogens is 353 g/mol. The van der Waals surface area contributed by atoms with Gasteiger partial charge in [-0.2, -0.15) is 9.97 Å². The Morgan fingerprint density at radius 3 is 2.41 bits per heavy atom. The largest absolute Gasteiger partial charge is 0.473 e. The van der Waals surface area contributed by atoms with Gasteiger partial charge in [-0.05, 0) is 11.9 Å². The van der Waals surface area contributed by atoms with Crippen LogP contribution in [0, 0.1) is 0 Å². The number of hydrogen-bond acceptors (Lipinski definition) is 10. The summed E-state index contributed by atoms with van der Waals surface area (Å²) in [6, 6.07) is 1.43. The molecule has 0 aliphatic rings. The fourth-order valence-corrected chi connectivity index (χ4v) is 5.26. The van der Waals surface area contributed by atoms with Gasteiger partial charge < -0.3 is 20.8 Å². The van der Waals surface area contributed by atoms with Crippen LogP contribution in [0.25, 0.3) is 0 Å². The van der Waals surface area contributed by atoms with E-state index in [2.05, 4.69) is 19.7 Å². The van der Waals surface area contributed by atoms with E-state index in [4.69, 9.17) is 25.6 Å². The second-order valence-electron chi connectivity index (χ2n) is 3.53. The molecule has 4 N–H and O–H groups in total. The smallest absolute Gasteiger partial charge is 0.225 e. The molecular formula is C9H17N4O6P3. The van der Waals surface area contributed by atoms with Crippen molar-refractivity contribution >= 4 is 35.3 Å². The summed E-state index contributed by atoms with van der Waals surface area (Å²) in [6.45, 7) is -2.77. The second-order valence-corrected chi connectivity index (χ2v) is 12.3. The Balaban J connectivity index is 2.57. The Bertz CT molecular complexity index is 514. The van der Waals surface area contributed by atoms with Crippen molar-refractivity contribution in [1.82, 2.24) is 9.97 Å². The molecule has 0 radical (unpaired) electrons. The van der Waals surface area contributed by atoms with E-state index in [1.54, 1.807) is 6.08 Å². The van der Waals surface area contributed by atoms with Crippen molar-refractivity contribution < 1.29 is 28.4 Å². The van der Waals surface area contributed by atoms with Gasteiger partial charge in [-0.1, -0.05) is 0 Å². The fourth-order valence-electron chi connectivity index (χ4n) is 1.12. The quantitative estimate of drug-likeness (QED) is 0.357. The first-order valence-corrected chi connectivity index (χ1v) is 11.0. The molecule has 0 saturated carbocycles. The lowest BCUT2D eigenvalue weighted by Gasteiger charge is -2.11. The van der Waals surface area contributed by atoms with E-state index < -0.39 is 23.5 Å². The summed E-state index contributed by atoms with van der Waals surface area (Å²) >= 11 is 0. The molecule has 1 heterocycles. The summed E-state index contributed by atoms with van der Waals surface area (Å²) in [6.07, 6.45) is 1.55. The van der Waals surface area contributed by atoms with Crippen molar-refractivity contribution in [3.05, 3.63) is 18.0 Å². The molecule has 2 atom stereocenters. The Morgan fingerprint density at radius 1 is 1.23 bits per heavy atom. The third-order valence-corrected chi connectivity index (χ3v) is 8.16. The first-order valence-electron chi connectivity index (χ1n) is 5.73. The highest BCUT2D eigenvalue weighted by molar-refractivity contribution is 8.54. The van der Waals surface area contributed by atoms with Crippen LogP contribution in [0.5, 0.6) is 5.88 Å². The molecule has 1 aromatic rings. The van der Waals surface area contributed by atoms with Crippen LogP contribution in [0.2, 0.25) is 0 Å². The summed E-state index contributed by atoms with van der Waals surface area (Å²) in [4.78, 5) is 16.5. The number of nitrogen functional groups attached to an aromatic ring is 2. The molecule has 13 heteroatoms. The van der Waals surface area contributed by atoms with Gasteiger partial charge in [-0.3, -0.25) is 0 Å². The second kappa shape index (κ2) is 10.0. The topological polar surface area (TPSA) is 141 Å². The van der Waals surface area contributed by atoms with Gasteiger partial charge in [0.15, 0.2) is 6.52 Å². The van der Waals surface area contributed by atoms with Crippen LogP contribution in [0.1, 0.15) is 0 Å². The summed E-state index contributed by atoms with van der Waals surface area (Å²) in [5.74, 6) is 1.88. The summed E-state index contributed by atoms with van der Waals surface area (Å²) < 4.78 is 27.2. The van der Waals surface area contributed by atoms with Crippen molar-refractivity contribution in [2.45, 2.75) is 0 Å². The summed E-state index contributed by atoms with van der Waals surface area (Å²) in [7, 11) is 1.84. The van der Waals surface area contributed by atoms with Gasteiger partial charge >= 0.3 is 0 Å². The normalized spacial score (nSPS) is 15.2. The zero-order valence-corrected chi connectivity index (χ0v) is 14.8. The zero-order valence-electron chi connectivity index (χ0n) is 11.9. The van der Waals surface area contributed by atoms with E-state index in [1.165, 1.54) is 26.1 Å². The molecule has 124 valence electrons. The molecule has 10 nitrogen and oxygen atoms in total. The number of nitrogens with zero attached hydrogens (tertiary/aromatic N) is 2. The first kappa shape index (κ1) is 19.2. The van der Waals surface area contributed by atoms with Crippen LogP contribution in [-0.4, -0.2) is 30.8 Å². The maximum absolute atomic E-state index is 12.5. The van der Waals surface area contributed by atoms with E-state index in [1.807, 2.05) is 0 Å². The SMILES string of the molecule is COOPP(=O)(/C=C/COc1cc(N)nc(N)n1)POOC. The predicted molar refractivity (Wildman–Crippen MR) is 85.9 cm³/mol. The molecule has 0 aromatic carbocycles. The highest BCUT2D eigenvalue weighted by atomic mass is 32.5. The molecule has 1 aromatic heterocycles. The minimum Gasteiger partial charge on any atom is -0.473 e. The van der Waals surface area contributed by atoms with Gasteiger partial charge in [0, 0.05) is 6.07 Å². The molecule has 0 amide bonds. The maximum Gasteiger partial charge on any atom is 0.225 e. The van der Waals surface area contributed by atoms with Crippen LogP contribution >= 0.6 is 23.5 Å². The Labute approximate surface area is 130 Å². The average Bonchev–Trinajstić information content (AvgIpc) is 2.47. The molecule has 0 aliphatic carbocycles. The molecule has 0 spiro atoms. The van der Waals surface area contributed by atoms with Gasteiger partial charge in [0.2, 0.25) is 11.8 Å². The van der Waals surface area contributed by atoms with Gasteiger partial charge in [-0.25, -0.2) is 19.1 Å². The Kier molecular flexibility index (Phi) is 8.75. The Hall–Kier alpha value is -0.850. The van der Waals surface area contributed by atoms with Crippen LogP contribution in [0.15, 0.2) is 18.0 Å². The number of rotatable bonds is 10. The minimum atomic E-state index is -2.87. The molecule has 0 bridgehead atoms. The van der Waals surface area contributed by atoms with Crippen LogP contribution in [-0.2, 0) is 23.7 Å². The fraction of sp³-hybridized carbons (Fsp3) is 0.333. The van der Waals surface area contributed by atoms with Crippen molar-refractivity contribution in [2.75, 3.05) is 32.3 Å². The van der Waals surface area contributed by atoms with Gasteiger partial charge in [0.25, 0.3) is 0 Å². The third-order valence-electron chi connectivity index (χ3n) is 1.89. The molecule has 0 fully saturated rings. The zero-order chi connectivity index (χ0) is 16.4. The van der Waals surface area contributed by atoms with Crippen molar-refractivity contribution in [2.24, 2.45) is 0 Å². The van der Waals surface area contributed by atoms with E-state index in [9.17, 15) is 4.57 Å². The van der Waals surface area contributed by atoms with Crippen molar-refractivity contribution in [3.63, 3.8) is 0 Å². The van der Waals surface area contributed by atoms with Gasteiger partial charge in [0.1, 0.15) is 29.4 Å². The lowest BCUT2D eigenvalue weighted by molar-refractivity contribution is -0.165. The molecule has 2 unspecified atom stereocenters. The highest BCUT2D eigenvalue weighted by Gasteiger charge is 2.21. The number of ether oxygens (including phenoxy) is 1. The third kappa shape index (κ3) is 7.42. The predicted octanol–water partition coefficient (Wildman–Crippen LogP) is 2.07. The van der Waals surface area contributed by atoms with E-state index in [-0.39, 0.29) is 24.3 Å². The van der Waals surface area contributed by atoms with Gasteiger partial charge in [-0.15, -0.1) is 0 Å². The maximum atomic E-state index is 12.5. The molecule has 0 saturated heterocycles. The van der Waals surface area contributed by atoms with Crippen LogP contribution in [0.4, 0.5) is 11.8 Å². The lowest BCUT2D eigenvalue weighted by Crippen LogP contribution is -2.03. The van der Waals surface area contributed by atoms with Crippen LogP contribution < -0.4 is 16.2 Å². The highest BCUT2D eigenvalue weighted by Crippen LogP contribution is 2.78. The number of nitrogens with two attached hydrogens (primary N) is 2. The van der Waals surface area contributed by atoms with E-state index in [0.717, 1.165) is 0 Å². The van der Waals surface area contributed by atoms with Crippen LogP contribution in [0.3, 0.4) is 0 Å². The van der Waals surface area contributed by atoms with Crippen molar-refractivity contribution in [1.29, 1.82) is 0 Å².